The molecule has 0 atom stereocenters. The number of piperidine rings is 1. The van der Waals surface area contributed by atoms with Crippen LogP contribution in [0.2, 0.25) is 0 Å². The van der Waals surface area contributed by atoms with E-state index in [1.165, 1.54) is 0 Å². The lowest BCUT2D eigenvalue weighted by Gasteiger charge is -2.42. The molecule has 4 heteroatoms. The molecule has 0 aromatic rings. The van der Waals surface area contributed by atoms with Gasteiger partial charge in [-0.1, -0.05) is 20.8 Å². The van der Waals surface area contributed by atoms with E-state index in [0.717, 1.165) is 12.8 Å². The standard InChI is InChI=1S/C14H22N2O2/c1-12(2,3)11(17)16-8-6-14(18,7-9-16)13(10-15)4-5-13/h18H,4-9H2,1-3H3. The van der Waals surface area contributed by atoms with Gasteiger partial charge in [-0.3, -0.25) is 4.79 Å². The molecule has 0 unspecified atom stereocenters. The Morgan fingerprint density at radius 1 is 1.22 bits per heavy atom. The van der Waals surface area contributed by atoms with Crippen molar-refractivity contribution in [2.75, 3.05) is 13.1 Å². The van der Waals surface area contributed by atoms with Gasteiger partial charge in [0.25, 0.3) is 0 Å². The van der Waals surface area contributed by atoms with E-state index in [1.807, 2.05) is 25.7 Å². The fourth-order valence-electron chi connectivity index (χ4n) is 2.84. The van der Waals surface area contributed by atoms with Gasteiger partial charge in [0, 0.05) is 18.5 Å². The van der Waals surface area contributed by atoms with Crippen molar-refractivity contribution in [3.63, 3.8) is 0 Å². The molecule has 0 aromatic carbocycles. The van der Waals surface area contributed by atoms with Gasteiger partial charge < -0.3 is 10.0 Å². The van der Waals surface area contributed by atoms with Crippen molar-refractivity contribution in [2.24, 2.45) is 10.8 Å². The first-order valence-electron chi connectivity index (χ1n) is 6.67. The van der Waals surface area contributed by atoms with Crippen molar-refractivity contribution < 1.29 is 9.90 Å². The van der Waals surface area contributed by atoms with Crippen LogP contribution in [0, 0.1) is 22.2 Å². The fourth-order valence-corrected chi connectivity index (χ4v) is 2.84. The molecular formula is C14H22N2O2. The third kappa shape index (κ3) is 2.01. The molecule has 2 aliphatic rings. The molecule has 4 nitrogen and oxygen atoms in total. The van der Waals surface area contributed by atoms with Crippen molar-refractivity contribution >= 4 is 5.91 Å². The van der Waals surface area contributed by atoms with Crippen LogP contribution >= 0.6 is 0 Å². The quantitative estimate of drug-likeness (QED) is 0.770. The maximum Gasteiger partial charge on any atom is 0.227 e. The molecule has 0 spiro atoms. The number of nitriles is 1. The number of hydrogen-bond donors (Lipinski definition) is 1. The van der Waals surface area contributed by atoms with E-state index in [9.17, 15) is 15.2 Å². The molecule has 1 amide bonds. The lowest BCUT2D eigenvalue weighted by molar-refractivity contribution is -0.145. The maximum atomic E-state index is 12.1. The van der Waals surface area contributed by atoms with E-state index in [0.29, 0.717) is 25.9 Å². The average molecular weight is 250 g/mol. The minimum absolute atomic E-state index is 0.131. The van der Waals surface area contributed by atoms with Gasteiger partial charge in [0.1, 0.15) is 0 Å². The van der Waals surface area contributed by atoms with Gasteiger partial charge in [-0.2, -0.15) is 5.26 Å². The molecule has 0 radical (unpaired) electrons. The van der Waals surface area contributed by atoms with Gasteiger partial charge in [0.15, 0.2) is 0 Å². The highest BCUT2D eigenvalue weighted by Crippen LogP contribution is 2.57. The van der Waals surface area contributed by atoms with Crippen molar-refractivity contribution in [3.05, 3.63) is 0 Å². The summed E-state index contributed by atoms with van der Waals surface area (Å²) in [7, 11) is 0. The van der Waals surface area contributed by atoms with Crippen LogP contribution in [-0.4, -0.2) is 34.6 Å². The van der Waals surface area contributed by atoms with Crippen molar-refractivity contribution in [3.8, 4) is 6.07 Å². The Morgan fingerprint density at radius 3 is 2.06 bits per heavy atom. The topological polar surface area (TPSA) is 64.3 Å². The number of rotatable bonds is 1. The molecule has 1 heterocycles. The molecule has 1 aliphatic heterocycles. The van der Waals surface area contributed by atoms with Crippen LogP contribution in [-0.2, 0) is 4.79 Å². The number of amides is 1. The second-order valence-corrected chi connectivity index (χ2v) is 6.77. The number of nitrogens with zero attached hydrogens (tertiary/aromatic N) is 2. The summed E-state index contributed by atoms with van der Waals surface area (Å²) in [4.78, 5) is 14.0. The first-order valence-corrected chi connectivity index (χ1v) is 6.67. The van der Waals surface area contributed by atoms with E-state index < -0.39 is 11.0 Å². The van der Waals surface area contributed by atoms with Crippen LogP contribution in [0.5, 0.6) is 0 Å². The van der Waals surface area contributed by atoms with E-state index in [-0.39, 0.29) is 11.3 Å². The number of carbonyl (C=O) groups excluding carboxylic acids is 1. The second-order valence-electron chi connectivity index (χ2n) is 6.77. The van der Waals surface area contributed by atoms with Gasteiger partial charge in [0.05, 0.1) is 17.1 Å². The SMILES string of the molecule is CC(C)(C)C(=O)N1CCC(O)(C2(C#N)CC2)CC1. The molecule has 2 fully saturated rings. The highest BCUT2D eigenvalue weighted by Gasteiger charge is 2.60. The number of aliphatic hydroxyl groups is 1. The minimum Gasteiger partial charge on any atom is -0.388 e. The van der Waals surface area contributed by atoms with Gasteiger partial charge >= 0.3 is 0 Å². The van der Waals surface area contributed by atoms with E-state index in [4.69, 9.17) is 0 Å². The Labute approximate surface area is 109 Å². The fraction of sp³-hybridized carbons (Fsp3) is 0.857. The zero-order chi connectivity index (χ0) is 13.6. The van der Waals surface area contributed by atoms with Crippen LogP contribution in [0.4, 0.5) is 0 Å². The van der Waals surface area contributed by atoms with E-state index in [2.05, 4.69) is 6.07 Å². The highest BCUT2D eigenvalue weighted by atomic mass is 16.3. The Hall–Kier alpha value is -1.08. The van der Waals surface area contributed by atoms with Gasteiger partial charge in [-0.25, -0.2) is 0 Å². The van der Waals surface area contributed by atoms with E-state index >= 15 is 0 Å². The molecule has 1 saturated heterocycles. The van der Waals surface area contributed by atoms with Crippen LogP contribution in [0.15, 0.2) is 0 Å². The molecule has 2 rings (SSSR count). The molecular weight excluding hydrogens is 228 g/mol. The smallest absolute Gasteiger partial charge is 0.227 e. The van der Waals surface area contributed by atoms with Crippen molar-refractivity contribution in [1.29, 1.82) is 5.26 Å². The average Bonchev–Trinajstić information content (AvgIpc) is 3.09. The first kappa shape index (κ1) is 13.4. The molecule has 1 N–H and O–H groups in total. The summed E-state index contributed by atoms with van der Waals surface area (Å²) in [5, 5.41) is 19.8. The monoisotopic (exact) mass is 250 g/mol. The molecule has 0 bridgehead atoms. The summed E-state index contributed by atoms with van der Waals surface area (Å²) in [6.45, 7) is 6.86. The summed E-state index contributed by atoms with van der Waals surface area (Å²) in [5.41, 5.74) is -1.78. The predicted octanol–water partition coefficient (Wildman–Crippen LogP) is 1.69. The third-order valence-electron chi connectivity index (χ3n) is 4.37. The lowest BCUT2D eigenvalue weighted by atomic mass is 9.77. The largest absolute Gasteiger partial charge is 0.388 e. The van der Waals surface area contributed by atoms with Crippen LogP contribution in [0.1, 0.15) is 46.5 Å². The Morgan fingerprint density at radius 2 is 1.72 bits per heavy atom. The number of likely N-dealkylation sites (tertiary alicyclic amines) is 1. The maximum absolute atomic E-state index is 12.1. The molecule has 1 aliphatic carbocycles. The second kappa shape index (κ2) is 3.96. The number of carbonyl (C=O) groups is 1. The van der Waals surface area contributed by atoms with Crippen LogP contribution < -0.4 is 0 Å². The molecule has 1 saturated carbocycles. The first-order chi connectivity index (χ1) is 8.24. The van der Waals surface area contributed by atoms with Crippen molar-refractivity contribution in [2.45, 2.75) is 52.1 Å². The summed E-state index contributed by atoms with van der Waals surface area (Å²) in [6, 6.07) is 2.28. The zero-order valence-electron chi connectivity index (χ0n) is 11.5. The van der Waals surface area contributed by atoms with E-state index in [1.54, 1.807) is 0 Å². The van der Waals surface area contributed by atoms with Gasteiger partial charge in [-0.15, -0.1) is 0 Å². The van der Waals surface area contributed by atoms with Gasteiger partial charge in [0.2, 0.25) is 5.91 Å². The summed E-state index contributed by atoms with van der Waals surface area (Å²) >= 11 is 0. The minimum atomic E-state index is -0.879. The third-order valence-corrected chi connectivity index (χ3v) is 4.37. The Balaban J connectivity index is 2.01. The van der Waals surface area contributed by atoms with Crippen molar-refractivity contribution in [1.82, 2.24) is 4.90 Å². The van der Waals surface area contributed by atoms with Crippen LogP contribution in [0.3, 0.4) is 0 Å². The normalized spacial score (nSPS) is 25.4. The molecule has 100 valence electrons. The summed E-state index contributed by atoms with van der Waals surface area (Å²) in [6.07, 6.45) is 2.66. The van der Waals surface area contributed by atoms with Gasteiger partial charge in [-0.05, 0) is 25.7 Å². The Kier molecular flexibility index (Phi) is 2.94. The summed E-state index contributed by atoms with van der Waals surface area (Å²) in [5.74, 6) is 0.131. The molecule has 18 heavy (non-hydrogen) atoms. The Bertz CT molecular complexity index is 391. The molecule has 0 aromatic heterocycles. The highest BCUT2D eigenvalue weighted by molar-refractivity contribution is 5.81. The van der Waals surface area contributed by atoms with Crippen LogP contribution in [0.25, 0.3) is 0 Å². The number of hydrogen-bond acceptors (Lipinski definition) is 3. The lowest BCUT2D eigenvalue weighted by Crippen LogP contribution is -2.53. The zero-order valence-corrected chi connectivity index (χ0v) is 11.5. The summed E-state index contributed by atoms with van der Waals surface area (Å²) < 4.78 is 0. The predicted molar refractivity (Wildman–Crippen MR) is 67.5 cm³/mol.